The standard InChI is InChI=1S/C23H32N2O4S/c1-3-29-21(26)19-17-13-25(6-7-28-2)5-4-18(17)30-20(19)24-22(27)23-11-14-8-15(12-23)10-16(23)9-14/h14-16H,3-13H2,1-2H3,(H,24,27). The van der Waals surface area contributed by atoms with Crippen LogP contribution in [-0.4, -0.2) is 50.2 Å². The Balaban J connectivity index is 1.42. The predicted octanol–water partition coefficient (Wildman–Crippen LogP) is 3.69. The molecule has 4 fully saturated rings. The van der Waals surface area contributed by atoms with Gasteiger partial charge in [-0.1, -0.05) is 0 Å². The molecule has 1 amide bonds. The maximum atomic E-state index is 13.6. The molecule has 0 aromatic carbocycles. The Morgan fingerprint density at radius 2 is 2.00 bits per heavy atom. The minimum atomic E-state index is -0.311. The van der Waals surface area contributed by atoms with Gasteiger partial charge in [0.05, 0.1) is 24.2 Å². The van der Waals surface area contributed by atoms with Crippen LogP contribution in [0.5, 0.6) is 0 Å². The number of amides is 1. The molecule has 1 aromatic heterocycles. The SMILES string of the molecule is CCOC(=O)c1c(NC(=O)C23CC4CC(CC2C4)C3)sc2c1CN(CCOC)CC2. The van der Waals surface area contributed by atoms with Gasteiger partial charge in [0.2, 0.25) is 5.91 Å². The molecular weight excluding hydrogens is 400 g/mol. The van der Waals surface area contributed by atoms with Gasteiger partial charge in [-0.2, -0.15) is 0 Å². The number of hydrogen-bond acceptors (Lipinski definition) is 6. The number of fused-ring (bicyclic) bond motifs is 1. The minimum absolute atomic E-state index is 0.151. The van der Waals surface area contributed by atoms with E-state index < -0.39 is 0 Å². The summed E-state index contributed by atoms with van der Waals surface area (Å²) in [4.78, 5) is 30.0. The molecule has 2 unspecified atom stereocenters. The molecule has 7 heteroatoms. The van der Waals surface area contributed by atoms with Gasteiger partial charge in [0.1, 0.15) is 5.00 Å². The zero-order chi connectivity index (χ0) is 20.9. The van der Waals surface area contributed by atoms with E-state index in [9.17, 15) is 9.59 Å². The number of carbonyl (C=O) groups is 2. The number of esters is 1. The van der Waals surface area contributed by atoms with E-state index in [1.54, 1.807) is 18.4 Å². The highest BCUT2D eigenvalue weighted by molar-refractivity contribution is 7.17. The van der Waals surface area contributed by atoms with E-state index in [2.05, 4.69) is 10.2 Å². The molecule has 30 heavy (non-hydrogen) atoms. The molecule has 4 aliphatic carbocycles. The van der Waals surface area contributed by atoms with Crippen molar-refractivity contribution in [3.63, 3.8) is 0 Å². The van der Waals surface area contributed by atoms with Gasteiger partial charge in [0.15, 0.2) is 0 Å². The summed E-state index contributed by atoms with van der Waals surface area (Å²) in [6.07, 6.45) is 6.69. The van der Waals surface area contributed by atoms with Crippen LogP contribution in [0.3, 0.4) is 0 Å². The third-order valence-electron chi connectivity index (χ3n) is 7.89. The summed E-state index contributed by atoms with van der Waals surface area (Å²) in [7, 11) is 1.71. The van der Waals surface area contributed by atoms with Crippen LogP contribution in [-0.2, 0) is 27.2 Å². The average molecular weight is 433 g/mol. The minimum Gasteiger partial charge on any atom is -0.462 e. The van der Waals surface area contributed by atoms with Crippen molar-refractivity contribution >= 4 is 28.2 Å². The molecule has 1 aliphatic heterocycles. The lowest BCUT2D eigenvalue weighted by atomic mass is 9.75. The first kappa shape index (κ1) is 20.5. The largest absolute Gasteiger partial charge is 0.462 e. The molecule has 0 saturated heterocycles. The summed E-state index contributed by atoms with van der Waals surface area (Å²) in [5.74, 6) is 1.82. The smallest absolute Gasteiger partial charge is 0.341 e. The molecule has 0 radical (unpaired) electrons. The van der Waals surface area contributed by atoms with Crippen molar-refractivity contribution in [3.8, 4) is 0 Å². The van der Waals surface area contributed by atoms with Gasteiger partial charge < -0.3 is 14.8 Å². The number of anilines is 1. The van der Waals surface area contributed by atoms with Crippen molar-refractivity contribution in [3.05, 3.63) is 16.0 Å². The van der Waals surface area contributed by atoms with Gasteiger partial charge in [0, 0.05) is 31.6 Å². The summed E-state index contributed by atoms with van der Waals surface area (Å²) < 4.78 is 10.6. The molecule has 164 valence electrons. The zero-order valence-corrected chi connectivity index (χ0v) is 18.8. The van der Waals surface area contributed by atoms with Crippen molar-refractivity contribution in [1.82, 2.24) is 4.90 Å². The van der Waals surface area contributed by atoms with Crippen molar-refractivity contribution in [2.45, 2.75) is 52.0 Å². The number of carbonyl (C=O) groups excluding carboxylic acids is 2. The first-order valence-electron chi connectivity index (χ1n) is 11.4. The molecule has 4 saturated carbocycles. The second-order valence-electron chi connectivity index (χ2n) is 9.60. The molecule has 6 nitrogen and oxygen atoms in total. The van der Waals surface area contributed by atoms with Crippen LogP contribution in [0, 0.1) is 23.2 Å². The molecule has 2 atom stereocenters. The molecule has 4 bridgehead atoms. The number of rotatable bonds is 7. The Kier molecular flexibility index (Phi) is 5.40. The Morgan fingerprint density at radius 1 is 1.23 bits per heavy atom. The number of hydrogen-bond donors (Lipinski definition) is 1. The van der Waals surface area contributed by atoms with Crippen LogP contribution in [0.4, 0.5) is 5.00 Å². The van der Waals surface area contributed by atoms with Crippen molar-refractivity contribution in [2.24, 2.45) is 23.2 Å². The third kappa shape index (κ3) is 3.30. The van der Waals surface area contributed by atoms with Crippen molar-refractivity contribution < 1.29 is 19.1 Å². The van der Waals surface area contributed by atoms with Crippen LogP contribution in [0.25, 0.3) is 0 Å². The van der Waals surface area contributed by atoms with E-state index in [4.69, 9.17) is 9.47 Å². The summed E-state index contributed by atoms with van der Waals surface area (Å²) >= 11 is 1.58. The van der Waals surface area contributed by atoms with Gasteiger partial charge in [-0.15, -0.1) is 11.3 Å². The zero-order valence-electron chi connectivity index (χ0n) is 18.0. The molecule has 5 aliphatic rings. The second-order valence-corrected chi connectivity index (χ2v) is 10.7. The number of methoxy groups -OCH3 is 1. The lowest BCUT2D eigenvalue weighted by Crippen LogP contribution is -2.37. The highest BCUT2D eigenvalue weighted by Crippen LogP contribution is 2.65. The third-order valence-corrected chi connectivity index (χ3v) is 9.09. The fourth-order valence-corrected chi connectivity index (χ4v) is 7.94. The van der Waals surface area contributed by atoms with Crippen LogP contribution >= 0.6 is 11.3 Å². The second kappa shape index (κ2) is 7.92. The first-order chi connectivity index (χ1) is 14.5. The highest BCUT2D eigenvalue weighted by Gasteiger charge is 2.61. The van der Waals surface area contributed by atoms with E-state index >= 15 is 0 Å². The normalized spacial score (nSPS) is 31.7. The maximum absolute atomic E-state index is 13.6. The predicted molar refractivity (Wildman–Crippen MR) is 116 cm³/mol. The van der Waals surface area contributed by atoms with E-state index in [1.807, 2.05) is 6.92 Å². The molecular formula is C23H32N2O4S. The number of nitrogens with one attached hydrogen (secondary N) is 1. The maximum Gasteiger partial charge on any atom is 0.341 e. The van der Waals surface area contributed by atoms with Gasteiger partial charge in [-0.05, 0) is 68.8 Å². The number of nitrogens with zero attached hydrogens (tertiary/aromatic N) is 1. The van der Waals surface area contributed by atoms with Crippen LogP contribution < -0.4 is 5.32 Å². The summed E-state index contributed by atoms with van der Waals surface area (Å²) in [5.41, 5.74) is 1.42. The van der Waals surface area contributed by atoms with E-state index in [-0.39, 0.29) is 17.3 Å². The van der Waals surface area contributed by atoms with Crippen molar-refractivity contribution in [1.29, 1.82) is 0 Å². The number of ether oxygens (including phenoxy) is 2. The highest BCUT2D eigenvalue weighted by atomic mass is 32.1. The molecule has 1 N–H and O–H groups in total. The van der Waals surface area contributed by atoms with Crippen molar-refractivity contribution in [2.75, 3.05) is 38.7 Å². The van der Waals surface area contributed by atoms with Gasteiger partial charge in [-0.25, -0.2) is 4.79 Å². The summed E-state index contributed by atoms with van der Waals surface area (Å²) in [5, 5.41) is 3.95. The Morgan fingerprint density at radius 3 is 2.70 bits per heavy atom. The summed E-state index contributed by atoms with van der Waals surface area (Å²) in [6, 6.07) is 0. The lowest BCUT2D eigenvalue weighted by Gasteiger charge is -2.31. The molecule has 1 aromatic rings. The van der Waals surface area contributed by atoms with E-state index in [0.717, 1.165) is 49.8 Å². The number of thiophene rings is 1. The molecule has 2 heterocycles. The van der Waals surface area contributed by atoms with E-state index in [1.165, 1.54) is 24.1 Å². The van der Waals surface area contributed by atoms with E-state index in [0.29, 0.717) is 36.2 Å². The fourth-order valence-electron chi connectivity index (χ4n) is 6.76. The first-order valence-corrected chi connectivity index (χ1v) is 12.2. The van der Waals surface area contributed by atoms with Crippen LogP contribution in [0.2, 0.25) is 0 Å². The van der Waals surface area contributed by atoms with Gasteiger partial charge in [-0.3, -0.25) is 9.69 Å². The Labute approximate surface area is 182 Å². The fraction of sp³-hybridized carbons (Fsp3) is 0.739. The van der Waals surface area contributed by atoms with Crippen LogP contribution in [0.15, 0.2) is 0 Å². The Hall–Kier alpha value is -1.44. The lowest BCUT2D eigenvalue weighted by molar-refractivity contribution is -0.127. The quantitative estimate of drug-likeness (QED) is 0.666. The van der Waals surface area contributed by atoms with Gasteiger partial charge >= 0.3 is 5.97 Å². The molecule has 6 rings (SSSR count). The topological polar surface area (TPSA) is 67.9 Å². The summed E-state index contributed by atoms with van der Waals surface area (Å²) in [6.45, 7) is 5.32. The molecule has 0 spiro atoms. The average Bonchev–Trinajstić information content (AvgIpc) is 3.29. The monoisotopic (exact) mass is 432 g/mol. The van der Waals surface area contributed by atoms with Crippen LogP contribution in [0.1, 0.15) is 59.8 Å². The Bertz CT molecular complexity index is 837. The van der Waals surface area contributed by atoms with Gasteiger partial charge in [0.25, 0.3) is 0 Å².